The second kappa shape index (κ2) is 7.24. The van der Waals surface area contributed by atoms with Crippen molar-refractivity contribution < 1.29 is 9.50 Å². The molecule has 0 aliphatic carbocycles. The lowest BCUT2D eigenvalue weighted by Gasteiger charge is -2.01. The molecular formula is C13H11FN2OS2. The van der Waals surface area contributed by atoms with Crippen molar-refractivity contribution in [1.82, 2.24) is 10.2 Å². The van der Waals surface area contributed by atoms with Crippen molar-refractivity contribution in [3.63, 3.8) is 0 Å². The molecule has 0 bridgehead atoms. The number of nitrogens with zero attached hydrogens (tertiary/aromatic N) is 2. The fraction of sp³-hybridized carbons (Fsp3) is 0.231. The lowest BCUT2D eigenvalue weighted by atomic mass is 10.1. The van der Waals surface area contributed by atoms with Gasteiger partial charge in [-0.1, -0.05) is 41.0 Å². The maximum atomic E-state index is 13.5. The van der Waals surface area contributed by atoms with Gasteiger partial charge < -0.3 is 5.11 Å². The standard InChI is InChI=1S/C13H11FN2OS2/c14-12-5-4-10(7-11(12)3-1-2-6-17)8-18-13-16-15-9-19-13/h4-5,7,9,17H,2,6,8H2. The average Bonchev–Trinajstić information content (AvgIpc) is 2.93. The first kappa shape index (κ1) is 14.0. The van der Waals surface area contributed by atoms with Gasteiger partial charge in [0.05, 0.1) is 12.2 Å². The Balaban J connectivity index is 2.06. The number of hydrogen-bond donors (Lipinski definition) is 1. The molecule has 98 valence electrons. The van der Waals surface area contributed by atoms with Crippen LogP contribution >= 0.6 is 23.1 Å². The molecule has 2 aromatic rings. The molecule has 1 aromatic heterocycles. The van der Waals surface area contributed by atoms with Gasteiger partial charge in [-0.05, 0) is 17.7 Å². The highest BCUT2D eigenvalue weighted by atomic mass is 32.2. The van der Waals surface area contributed by atoms with Crippen molar-refractivity contribution in [1.29, 1.82) is 0 Å². The Bertz CT molecular complexity index is 590. The first-order chi connectivity index (χ1) is 9.29. The molecule has 0 amide bonds. The molecular weight excluding hydrogens is 283 g/mol. The minimum atomic E-state index is -0.338. The number of halogens is 1. The maximum Gasteiger partial charge on any atom is 0.174 e. The third-order valence-corrected chi connectivity index (χ3v) is 4.12. The van der Waals surface area contributed by atoms with E-state index in [0.29, 0.717) is 17.7 Å². The van der Waals surface area contributed by atoms with Crippen LogP contribution in [0, 0.1) is 17.7 Å². The third-order valence-electron chi connectivity index (χ3n) is 2.19. The summed E-state index contributed by atoms with van der Waals surface area (Å²) in [7, 11) is 0. The second-order valence-electron chi connectivity index (χ2n) is 3.58. The zero-order valence-electron chi connectivity index (χ0n) is 9.97. The molecule has 1 aromatic carbocycles. The zero-order chi connectivity index (χ0) is 13.5. The third kappa shape index (κ3) is 4.31. The van der Waals surface area contributed by atoms with Crippen molar-refractivity contribution >= 4 is 23.1 Å². The minimum Gasteiger partial charge on any atom is -0.395 e. The highest BCUT2D eigenvalue weighted by Gasteiger charge is 2.03. The predicted molar refractivity (Wildman–Crippen MR) is 74.5 cm³/mol. The van der Waals surface area contributed by atoms with Gasteiger partial charge in [0, 0.05) is 12.2 Å². The maximum absolute atomic E-state index is 13.5. The smallest absolute Gasteiger partial charge is 0.174 e. The van der Waals surface area contributed by atoms with Gasteiger partial charge in [0.15, 0.2) is 4.34 Å². The number of hydrogen-bond acceptors (Lipinski definition) is 5. The first-order valence-corrected chi connectivity index (χ1v) is 7.43. The predicted octanol–water partition coefficient (Wildman–Crippen LogP) is 2.70. The van der Waals surface area contributed by atoms with Crippen LogP contribution in [-0.4, -0.2) is 21.9 Å². The van der Waals surface area contributed by atoms with E-state index in [4.69, 9.17) is 5.11 Å². The van der Waals surface area contributed by atoms with Gasteiger partial charge in [-0.3, -0.25) is 0 Å². The largest absolute Gasteiger partial charge is 0.395 e. The fourth-order valence-corrected chi connectivity index (χ4v) is 2.77. The summed E-state index contributed by atoms with van der Waals surface area (Å²) in [5.74, 6) is 5.81. The first-order valence-electron chi connectivity index (χ1n) is 5.56. The van der Waals surface area contributed by atoms with Crippen LogP contribution in [0.3, 0.4) is 0 Å². The van der Waals surface area contributed by atoms with Crippen LogP contribution in [0.15, 0.2) is 28.0 Å². The summed E-state index contributed by atoms with van der Waals surface area (Å²) in [4.78, 5) is 0. The number of aliphatic hydroxyl groups is 1. The van der Waals surface area contributed by atoms with E-state index in [1.54, 1.807) is 29.4 Å². The lowest BCUT2D eigenvalue weighted by molar-refractivity contribution is 0.305. The van der Waals surface area contributed by atoms with Crippen molar-refractivity contribution in [3.05, 3.63) is 40.7 Å². The van der Waals surface area contributed by atoms with Crippen LogP contribution in [0.25, 0.3) is 0 Å². The summed E-state index contributed by atoms with van der Waals surface area (Å²) < 4.78 is 14.4. The molecule has 6 heteroatoms. The number of aromatic nitrogens is 2. The van der Waals surface area contributed by atoms with E-state index in [1.807, 2.05) is 0 Å². The molecule has 1 heterocycles. The normalized spacial score (nSPS) is 10.0. The summed E-state index contributed by atoms with van der Waals surface area (Å²) >= 11 is 3.03. The number of thioether (sulfide) groups is 1. The van der Waals surface area contributed by atoms with Crippen LogP contribution < -0.4 is 0 Å². The summed E-state index contributed by atoms with van der Waals surface area (Å²) in [5.41, 5.74) is 3.03. The number of rotatable bonds is 4. The van der Waals surface area contributed by atoms with E-state index in [2.05, 4.69) is 22.0 Å². The quantitative estimate of drug-likeness (QED) is 0.695. The molecule has 0 unspecified atom stereocenters. The molecule has 1 N–H and O–H groups in total. The molecule has 2 rings (SSSR count). The van der Waals surface area contributed by atoms with E-state index < -0.39 is 0 Å². The van der Waals surface area contributed by atoms with Gasteiger partial charge in [0.2, 0.25) is 0 Å². The minimum absolute atomic E-state index is 0.0127. The van der Waals surface area contributed by atoms with Crippen molar-refractivity contribution in [2.45, 2.75) is 16.5 Å². The van der Waals surface area contributed by atoms with Crippen LogP contribution in [0.1, 0.15) is 17.5 Å². The van der Waals surface area contributed by atoms with Crippen LogP contribution in [0.5, 0.6) is 0 Å². The Hall–Kier alpha value is -1.42. The zero-order valence-corrected chi connectivity index (χ0v) is 11.6. The van der Waals surface area contributed by atoms with E-state index in [0.717, 1.165) is 9.90 Å². The Kier molecular flexibility index (Phi) is 5.33. The summed E-state index contributed by atoms with van der Waals surface area (Å²) in [6, 6.07) is 4.88. The van der Waals surface area contributed by atoms with E-state index in [9.17, 15) is 4.39 Å². The van der Waals surface area contributed by atoms with Crippen molar-refractivity contribution in [3.8, 4) is 11.8 Å². The van der Waals surface area contributed by atoms with Gasteiger partial charge in [-0.15, -0.1) is 10.2 Å². The SMILES string of the molecule is OCCC#Cc1cc(CSc2nncs2)ccc1F. The fourth-order valence-electron chi connectivity index (χ4n) is 1.34. The van der Waals surface area contributed by atoms with Crippen LogP contribution in [-0.2, 0) is 5.75 Å². The van der Waals surface area contributed by atoms with Crippen LogP contribution in [0.4, 0.5) is 4.39 Å². The van der Waals surface area contributed by atoms with Gasteiger partial charge in [0.25, 0.3) is 0 Å². The molecule has 0 aliphatic heterocycles. The Morgan fingerprint density at radius 1 is 1.42 bits per heavy atom. The number of benzene rings is 1. The highest BCUT2D eigenvalue weighted by Crippen LogP contribution is 2.24. The summed E-state index contributed by atoms with van der Waals surface area (Å²) in [6.45, 7) is -0.0127. The highest BCUT2D eigenvalue weighted by molar-refractivity contribution is 8.00. The number of aliphatic hydroxyl groups excluding tert-OH is 1. The van der Waals surface area contributed by atoms with Gasteiger partial charge in [-0.25, -0.2) is 4.39 Å². The molecule has 0 radical (unpaired) electrons. The Morgan fingerprint density at radius 2 is 2.32 bits per heavy atom. The van der Waals surface area contributed by atoms with Gasteiger partial charge in [0.1, 0.15) is 11.3 Å². The molecule has 0 spiro atoms. The van der Waals surface area contributed by atoms with Crippen molar-refractivity contribution in [2.75, 3.05) is 6.61 Å². The van der Waals surface area contributed by atoms with E-state index in [1.165, 1.54) is 17.4 Å². The molecule has 0 saturated heterocycles. The molecule has 0 saturated carbocycles. The summed E-state index contributed by atoms with van der Waals surface area (Å²) in [5, 5.41) is 16.3. The monoisotopic (exact) mass is 294 g/mol. The molecule has 19 heavy (non-hydrogen) atoms. The second-order valence-corrected chi connectivity index (χ2v) is 5.64. The average molecular weight is 294 g/mol. The van der Waals surface area contributed by atoms with Crippen LogP contribution in [0.2, 0.25) is 0 Å². The molecule has 0 aliphatic rings. The van der Waals surface area contributed by atoms with Gasteiger partial charge >= 0.3 is 0 Å². The Labute approximate surface area is 118 Å². The molecule has 0 fully saturated rings. The topological polar surface area (TPSA) is 46.0 Å². The summed E-state index contributed by atoms with van der Waals surface area (Å²) in [6.07, 6.45) is 0.350. The van der Waals surface area contributed by atoms with Gasteiger partial charge in [-0.2, -0.15) is 0 Å². The Morgan fingerprint density at radius 3 is 3.05 bits per heavy atom. The van der Waals surface area contributed by atoms with Crippen molar-refractivity contribution in [2.24, 2.45) is 0 Å². The lowest BCUT2D eigenvalue weighted by Crippen LogP contribution is -1.88. The molecule has 0 atom stereocenters. The van der Waals surface area contributed by atoms with E-state index >= 15 is 0 Å². The molecule has 3 nitrogen and oxygen atoms in total. The van der Waals surface area contributed by atoms with E-state index in [-0.39, 0.29) is 12.4 Å².